The zero-order valence-corrected chi connectivity index (χ0v) is 20.9. The molecule has 5 nitrogen and oxygen atoms in total. The fourth-order valence-corrected chi connectivity index (χ4v) is 2.61. The van der Waals surface area contributed by atoms with Crippen LogP contribution in [0.4, 0.5) is 5.69 Å². The van der Waals surface area contributed by atoms with E-state index < -0.39 is 0 Å². The average molecular weight is 485 g/mol. The molecular weight excluding hydrogens is 463 g/mol. The molecule has 0 bridgehead atoms. The molecule has 0 aliphatic heterocycles. The third kappa shape index (κ3) is 8.37. The van der Waals surface area contributed by atoms with Gasteiger partial charge in [-0.25, -0.2) is 5.43 Å². The van der Waals surface area contributed by atoms with E-state index in [-0.39, 0.29) is 18.2 Å². The number of hydrogen-bond acceptors (Lipinski definition) is 4. The molecular formula is C24H22ClN3O2Zn. The SMILES string of the molecule is Cc1ccc(NCC(=O)N/N=C(/C=C(\[O-])c2ccccc2)c2ccccc2)cc1.[Cl][Zn+]. The minimum atomic E-state index is -0.306. The summed E-state index contributed by atoms with van der Waals surface area (Å²) in [5, 5.41) is 19.8. The first-order valence-electron chi connectivity index (χ1n) is 9.55. The van der Waals surface area contributed by atoms with Gasteiger partial charge in [0.1, 0.15) is 0 Å². The summed E-state index contributed by atoms with van der Waals surface area (Å²) in [7, 11) is 4.76. The van der Waals surface area contributed by atoms with Crippen molar-refractivity contribution in [2.24, 2.45) is 5.10 Å². The standard InChI is InChI=1S/C24H23N3O2.ClH.Zn/c1-18-12-14-21(15-13-18)25-17-24(29)27-26-22(19-8-4-2-5-9-19)16-23(28)20-10-6-3-7-11-20;;/h2-16,25,28H,17H2,1H3,(H,27,29);1H;/q;;+2/p-2/b23-16-,26-22-;;. The van der Waals surface area contributed by atoms with Crippen molar-refractivity contribution in [2.75, 3.05) is 11.9 Å². The third-order valence-electron chi connectivity index (χ3n) is 4.20. The fourth-order valence-electron chi connectivity index (χ4n) is 2.61. The third-order valence-corrected chi connectivity index (χ3v) is 4.20. The number of allylic oxidation sites excluding steroid dienone is 1. The van der Waals surface area contributed by atoms with Crippen LogP contribution < -0.4 is 15.8 Å². The first-order valence-corrected chi connectivity index (χ1v) is 13.4. The number of aryl methyl sites for hydroxylation is 1. The van der Waals surface area contributed by atoms with Gasteiger partial charge < -0.3 is 10.4 Å². The first kappa shape index (κ1) is 24.3. The molecule has 0 saturated carbocycles. The minimum absolute atomic E-state index is 0.0707. The molecule has 3 aromatic rings. The van der Waals surface area contributed by atoms with Gasteiger partial charge >= 0.3 is 27.0 Å². The van der Waals surface area contributed by atoms with Crippen LogP contribution in [0.2, 0.25) is 0 Å². The van der Waals surface area contributed by atoms with E-state index in [0.29, 0.717) is 11.3 Å². The van der Waals surface area contributed by atoms with Crippen molar-refractivity contribution < 1.29 is 27.2 Å². The fraction of sp³-hybridized carbons (Fsp3) is 0.0833. The van der Waals surface area contributed by atoms with E-state index >= 15 is 0 Å². The van der Waals surface area contributed by atoms with Crippen molar-refractivity contribution in [1.82, 2.24) is 5.43 Å². The number of amides is 1. The Kier molecular flexibility index (Phi) is 10.5. The molecule has 31 heavy (non-hydrogen) atoms. The van der Waals surface area contributed by atoms with Gasteiger partial charge in [0.25, 0.3) is 5.91 Å². The van der Waals surface area contributed by atoms with Crippen LogP contribution in [-0.2, 0) is 22.1 Å². The molecule has 0 aromatic heterocycles. The number of nitrogens with zero attached hydrogens (tertiary/aromatic N) is 1. The van der Waals surface area contributed by atoms with E-state index in [1.165, 1.54) is 6.08 Å². The predicted octanol–water partition coefficient (Wildman–Crippen LogP) is 4.02. The summed E-state index contributed by atoms with van der Waals surface area (Å²) >= 11 is 0.847. The Labute approximate surface area is 196 Å². The number of hydrazone groups is 1. The maximum absolute atomic E-state index is 12.5. The van der Waals surface area contributed by atoms with Gasteiger partial charge in [0, 0.05) is 11.3 Å². The van der Waals surface area contributed by atoms with Crippen LogP contribution in [0.15, 0.2) is 96.1 Å². The van der Waals surface area contributed by atoms with Crippen molar-refractivity contribution in [1.29, 1.82) is 0 Å². The van der Waals surface area contributed by atoms with Crippen LogP contribution in [-0.4, -0.2) is 18.2 Å². The maximum atomic E-state index is 12.5. The summed E-state index contributed by atoms with van der Waals surface area (Å²) in [5.74, 6) is -0.486. The van der Waals surface area contributed by atoms with E-state index in [1.54, 1.807) is 24.3 Å². The number of hydrogen-bond donors (Lipinski definition) is 2. The van der Waals surface area contributed by atoms with Gasteiger partial charge in [0.15, 0.2) is 0 Å². The molecule has 3 rings (SSSR count). The molecule has 0 heterocycles. The Hall–Kier alpha value is -2.95. The van der Waals surface area contributed by atoms with E-state index in [4.69, 9.17) is 9.69 Å². The first-order chi connectivity index (χ1) is 15.1. The van der Waals surface area contributed by atoms with Gasteiger partial charge in [-0.05, 0) is 30.7 Å². The van der Waals surface area contributed by atoms with Gasteiger partial charge in [0.05, 0.1) is 12.3 Å². The zero-order valence-electron chi connectivity index (χ0n) is 17.2. The molecule has 0 aliphatic carbocycles. The molecule has 0 unspecified atom stereocenters. The van der Waals surface area contributed by atoms with Gasteiger partial charge in [-0.1, -0.05) is 84.1 Å². The van der Waals surface area contributed by atoms with Crippen LogP contribution in [0.25, 0.3) is 5.76 Å². The summed E-state index contributed by atoms with van der Waals surface area (Å²) in [6, 6.07) is 26.0. The molecule has 7 heteroatoms. The van der Waals surface area contributed by atoms with Crippen LogP contribution in [0, 0.1) is 6.92 Å². The Balaban J connectivity index is 0.00000166. The molecule has 0 aliphatic rings. The Morgan fingerprint density at radius 1 is 0.935 bits per heavy atom. The number of nitrogens with one attached hydrogen (secondary N) is 2. The molecule has 154 valence electrons. The number of halogens is 1. The van der Waals surface area contributed by atoms with Gasteiger partial charge in [-0.15, -0.1) is 0 Å². The summed E-state index contributed by atoms with van der Waals surface area (Å²) in [6.07, 6.45) is 1.43. The number of benzene rings is 3. The van der Waals surface area contributed by atoms with E-state index in [1.807, 2.05) is 67.6 Å². The molecule has 1 amide bonds. The zero-order chi connectivity index (χ0) is 22.5. The molecule has 0 radical (unpaired) electrons. The normalized spacial score (nSPS) is 11.2. The van der Waals surface area contributed by atoms with Crippen molar-refractivity contribution >= 4 is 32.8 Å². The topological polar surface area (TPSA) is 76.5 Å². The second-order valence-electron chi connectivity index (χ2n) is 6.49. The van der Waals surface area contributed by atoms with Crippen LogP contribution >= 0.6 is 9.69 Å². The van der Waals surface area contributed by atoms with E-state index in [2.05, 4.69) is 15.8 Å². The molecule has 2 N–H and O–H groups in total. The van der Waals surface area contributed by atoms with Crippen molar-refractivity contribution in [2.45, 2.75) is 6.92 Å². The quantitative estimate of drug-likeness (QED) is 0.230. The van der Waals surface area contributed by atoms with Crippen LogP contribution in [0.5, 0.6) is 0 Å². The Morgan fingerprint density at radius 2 is 1.48 bits per heavy atom. The van der Waals surface area contributed by atoms with Gasteiger partial charge in [-0.3, -0.25) is 4.79 Å². The number of carbonyl (C=O) groups excluding carboxylic acids is 1. The molecule has 0 atom stereocenters. The van der Waals surface area contributed by atoms with Crippen molar-refractivity contribution in [3.63, 3.8) is 0 Å². The summed E-state index contributed by atoms with van der Waals surface area (Å²) in [4.78, 5) is 12.2. The molecule has 0 spiro atoms. The monoisotopic (exact) mass is 483 g/mol. The van der Waals surface area contributed by atoms with E-state index in [9.17, 15) is 9.90 Å². The van der Waals surface area contributed by atoms with Crippen molar-refractivity contribution in [3.8, 4) is 0 Å². The summed E-state index contributed by atoms with van der Waals surface area (Å²) in [5.41, 5.74) is 6.21. The Morgan fingerprint density at radius 3 is 2.06 bits per heavy atom. The van der Waals surface area contributed by atoms with E-state index in [0.717, 1.165) is 34.1 Å². The number of rotatable bonds is 7. The van der Waals surface area contributed by atoms with Crippen LogP contribution in [0.1, 0.15) is 16.7 Å². The number of anilines is 1. The summed E-state index contributed by atoms with van der Waals surface area (Å²) in [6.45, 7) is 2.07. The molecule has 0 saturated heterocycles. The van der Waals surface area contributed by atoms with Gasteiger partial charge in [-0.2, -0.15) is 5.10 Å². The molecule has 0 fully saturated rings. The Bertz CT molecular complexity index is 1010. The predicted molar refractivity (Wildman–Crippen MR) is 121 cm³/mol. The van der Waals surface area contributed by atoms with Crippen LogP contribution in [0.3, 0.4) is 0 Å². The molecule has 3 aromatic carbocycles. The summed E-state index contributed by atoms with van der Waals surface area (Å²) < 4.78 is 0. The average Bonchev–Trinajstić information content (AvgIpc) is 2.83. The second-order valence-corrected chi connectivity index (χ2v) is 6.49. The van der Waals surface area contributed by atoms with Crippen molar-refractivity contribution in [3.05, 3.63) is 108 Å². The second kappa shape index (κ2) is 13.4. The van der Waals surface area contributed by atoms with Gasteiger partial charge in [0.2, 0.25) is 0 Å². The number of carbonyl (C=O) groups is 1.